The number of aliphatic hydroxyl groups is 1. The minimum atomic E-state index is 0.0691. The van der Waals surface area contributed by atoms with Crippen molar-refractivity contribution >= 4 is 6.29 Å². The molecule has 124 valence electrons. The largest absolute Gasteiger partial charge is 0.396 e. The zero-order chi connectivity index (χ0) is 16.4. The van der Waals surface area contributed by atoms with Gasteiger partial charge in [0.15, 0.2) is 0 Å². The van der Waals surface area contributed by atoms with E-state index < -0.39 is 0 Å². The number of fused-ring (bicyclic) bond motifs is 1. The van der Waals surface area contributed by atoms with Gasteiger partial charge in [0.25, 0.3) is 0 Å². The van der Waals surface area contributed by atoms with Crippen LogP contribution in [-0.2, 0) is 4.79 Å². The predicted octanol–water partition coefficient (Wildman–Crippen LogP) is 4.68. The molecular weight excluding hydrogens is 272 g/mol. The van der Waals surface area contributed by atoms with E-state index >= 15 is 0 Å². The lowest BCUT2D eigenvalue weighted by Gasteiger charge is -2.58. The summed E-state index contributed by atoms with van der Waals surface area (Å²) in [6.45, 7) is 11.4. The van der Waals surface area contributed by atoms with Gasteiger partial charge in [-0.25, -0.2) is 0 Å². The molecule has 0 aliphatic heterocycles. The first-order valence-electron chi connectivity index (χ1n) is 8.77. The summed E-state index contributed by atoms with van der Waals surface area (Å²) in [4.78, 5) is 10.6. The summed E-state index contributed by atoms with van der Waals surface area (Å²) in [5.41, 5.74) is 2.88. The maximum Gasteiger partial charge on any atom is 0.142 e. The third-order valence-electron chi connectivity index (χ3n) is 6.68. The number of carbonyl (C=O) groups is 1. The Morgan fingerprint density at radius 3 is 2.77 bits per heavy atom. The summed E-state index contributed by atoms with van der Waals surface area (Å²) in [6, 6.07) is 0. The molecular formula is C20H32O2. The number of aliphatic hydroxyl groups excluding tert-OH is 1. The van der Waals surface area contributed by atoms with Gasteiger partial charge in [-0.15, -0.1) is 0 Å². The van der Waals surface area contributed by atoms with E-state index in [1.807, 2.05) is 6.92 Å². The van der Waals surface area contributed by atoms with Crippen LogP contribution >= 0.6 is 0 Å². The van der Waals surface area contributed by atoms with E-state index in [1.165, 1.54) is 24.8 Å². The molecule has 2 nitrogen and oxygen atoms in total. The van der Waals surface area contributed by atoms with Crippen molar-refractivity contribution in [1.82, 2.24) is 0 Å². The Bertz CT molecular complexity index is 464. The molecule has 2 fully saturated rings. The van der Waals surface area contributed by atoms with Crippen LogP contribution in [0.2, 0.25) is 0 Å². The molecule has 1 N–H and O–H groups in total. The standard InChI is InChI=1S/C20H32O2/c1-15(10-13-21)6-8-17-16(2)7-9-18-19(3,14-22)11-5-12-20(17,18)4/h10,13,17-18,22H,2,5-9,11-12,14H2,1,3-4H3/b15-10-/t17-,18-,19+,20+/m0/s1. The third-order valence-corrected chi connectivity index (χ3v) is 6.68. The van der Waals surface area contributed by atoms with Gasteiger partial charge in [-0.05, 0) is 74.2 Å². The molecule has 0 amide bonds. The zero-order valence-electron chi connectivity index (χ0n) is 14.5. The highest BCUT2D eigenvalue weighted by atomic mass is 16.3. The van der Waals surface area contributed by atoms with Crippen LogP contribution in [0.1, 0.15) is 65.7 Å². The minimum absolute atomic E-state index is 0.0691. The fraction of sp³-hybridized carbons (Fsp3) is 0.750. The number of rotatable bonds is 5. The Balaban J connectivity index is 2.22. The molecule has 22 heavy (non-hydrogen) atoms. The average Bonchev–Trinajstić information content (AvgIpc) is 2.46. The minimum Gasteiger partial charge on any atom is -0.396 e. The van der Waals surface area contributed by atoms with Crippen LogP contribution in [0.4, 0.5) is 0 Å². The number of carbonyl (C=O) groups excluding carboxylic acids is 1. The van der Waals surface area contributed by atoms with Crippen LogP contribution in [-0.4, -0.2) is 18.0 Å². The highest BCUT2D eigenvalue weighted by molar-refractivity contribution is 5.65. The topological polar surface area (TPSA) is 37.3 Å². The van der Waals surface area contributed by atoms with Crippen molar-refractivity contribution in [1.29, 1.82) is 0 Å². The van der Waals surface area contributed by atoms with Gasteiger partial charge in [0.2, 0.25) is 0 Å². The molecule has 0 saturated heterocycles. The molecule has 2 heteroatoms. The molecule has 0 aromatic rings. The molecule has 2 saturated carbocycles. The first-order chi connectivity index (χ1) is 10.4. The Morgan fingerprint density at radius 1 is 1.41 bits per heavy atom. The van der Waals surface area contributed by atoms with Crippen LogP contribution < -0.4 is 0 Å². The smallest absolute Gasteiger partial charge is 0.142 e. The van der Waals surface area contributed by atoms with Crippen molar-refractivity contribution in [3.05, 3.63) is 23.8 Å². The second kappa shape index (κ2) is 6.70. The second-order valence-electron chi connectivity index (χ2n) is 8.16. The van der Waals surface area contributed by atoms with Gasteiger partial charge < -0.3 is 5.11 Å². The lowest BCUT2D eigenvalue weighted by atomic mass is 9.47. The number of aldehydes is 1. The maximum atomic E-state index is 10.6. The van der Waals surface area contributed by atoms with E-state index in [9.17, 15) is 9.90 Å². The number of allylic oxidation sites excluding steroid dienone is 3. The fourth-order valence-electron chi connectivity index (χ4n) is 5.38. The normalized spacial score (nSPS) is 39.5. The molecule has 0 unspecified atom stereocenters. The van der Waals surface area contributed by atoms with Gasteiger partial charge >= 0.3 is 0 Å². The highest BCUT2D eigenvalue weighted by Crippen LogP contribution is 2.61. The number of hydrogen-bond donors (Lipinski definition) is 1. The molecule has 2 rings (SSSR count). The highest BCUT2D eigenvalue weighted by Gasteiger charge is 2.53. The maximum absolute atomic E-state index is 10.6. The van der Waals surface area contributed by atoms with Crippen LogP contribution in [0.15, 0.2) is 23.8 Å². The molecule has 0 bridgehead atoms. The SMILES string of the molecule is C=C1CC[C@H]2[C@@](C)(CO)CCC[C@]2(C)[C@H]1CC/C(C)=C\C=O. The monoisotopic (exact) mass is 304 g/mol. The van der Waals surface area contributed by atoms with Crippen LogP contribution in [0.25, 0.3) is 0 Å². The van der Waals surface area contributed by atoms with Crippen molar-refractivity contribution in [3.8, 4) is 0 Å². The zero-order valence-corrected chi connectivity index (χ0v) is 14.5. The fourth-order valence-corrected chi connectivity index (χ4v) is 5.38. The van der Waals surface area contributed by atoms with Crippen molar-refractivity contribution in [2.75, 3.05) is 6.61 Å². The van der Waals surface area contributed by atoms with Crippen LogP contribution in [0.5, 0.6) is 0 Å². The summed E-state index contributed by atoms with van der Waals surface area (Å²) >= 11 is 0. The Morgan fingerprint density at radius 2 is 2.14 bits per heavy atom. The lowest BCUT2D eigenvalue weighted by Crippen LogP contribution is -2.51. The van der Waals surface area contributed by atoms with E-state index in [1.54, 1.807) is 6.08 Å². The summed E-state index contributed by atoms with van der Waals surface area (Å²) in [7, 11) is 0. The molecule has 2 aliphatic rings. The summed E-state index contributed by atoms with van der Waals surface area (Å²) in [5, 5.41) is 9.97. The molecule has 2 aliphatic carbocycles. The summed E-state index contributed by atoms with van der Waals surface area (Å²) < 4.78 is 0. The summed E-state index contributed by atoms with van der Waals surface area (Å²) in [5.74, 6) is 1.11. The lowest BCUT2D eigenvalue weighted by molar-refractivity contribution is -0.104. The molecule has 4 atom stereocenters. The predicted molar refractivity (Wildman–Crippen MR) is 91.6 cm³/mol. The van der Waals surface area contributed by atoms with Crippen molar-refractivity contribution in [2.45, 2.75) is 65.7 Å². The van der Waals surface area contributed by atoms with Crippen molar-refractivity contribution < 1.29 is 9.90 Å². The van der Waals surface area contributed by atoms with Crippen molar-refractivity contribution in [3.63, 3.8) is 0 Å². The Kier molecular flexibility index (Phi) is 5.32. The van der Waals surface area contributed by atoms with E-state index in [4.69, 9.17) is 0 Å². The van der Waals surface area contributed by atoms with E-state index in [2.05, 4.69) is 20.4 Å². The average molecular weight is 304 g/mol. The first kappa shape index (κ1) is 17.5. The van der Waals surface area contributed by atoms with Gasteiger partial charge in [-0.3, -0.25) is 4.79 Å². The quantitative estimate of drug-likeness (QED) is 0.455. The van der Waals surface area contributed by atoms with Crippen LogP contribution in [0.3, 0.4) is 0 Å². The second-order valence-corrected chi connectivity index (χ2v) is 8.16. The third kappa shape index (κ3) is 3.08. The van der Waals surface area contributed by atoms with Gasteiger partial charge in [-0.2, -0.15) is 0 Å². The van der Waals surface area contributed by atoms with Gasteiger partial charge in [0.1, 0.15) is 6.29 Å². The van der Waals surface area contributed by atoms with Crippen molar-refractivity contribution in [2.24, 2.45) is 22.7 Å². The van der Waals surface area contributed by atoms with E-state index in [0.717, 1.165) is 37.5 Å². The Labute approximate surface area is 135 Å². The van der Waals surface area contributed by atoms with Gasteiger partial charge in [0.05, 0.1) is 0 Å². The summed E-state index contributed by atoms with van der Waals surface area (Å²) in [6.07, 6.45) is 10.5. The molecule has 0 aromatic carbocycles. The van der Waals surface area contributed by atoms with Crippen LogP contribution in [0, 0.1) is 22.7 Å². The number of hydrogen-bond acceptors (Lipinski definition) is 2. The van der Waals surface area contributed by atoms with Gasteiger partial charge in [-0.1, -0.05) is 38.0 Å². The van der Waals surface area contributed by atoms with E-state index in [-0.39, 0.29) is 10.8 Å². The molecule has 0 heterocycles. The van der Waals surface area contributed by atoms with E-state index in [0.29, 0.717) is 18.4 Å². The van der Waals surface area contributed by atoms with Gasteiger partial charge in [0, 0.05) is 6.61 Å². The Hall–Kier alpha value is -0.890. The molecule has 0 aromatic heterocycles. The molecule has 0 spiro atoms. The molecule has 0 radical (unpaired) electrons. The first-order valence-corrected chi connectivity index (χ1v) is 8.77.